The number of hydrogen-bond donors (Lipinski definition) is 0. The number of benzene rings is 5. The molecule has 4 atom stereocenters. The van der Waals surface area contributed by atoms with Crippen molar-refractivity contribution in [3.63, 3.8) is 0 Å². The largest absolute Gasteiger partial charge is 0.496 e. The third kappa shape index (κ3) is 3.96. The van der Waals surface area contributed by atoms with E-state index in [1.165, 1.54) is 25.3 Å². The number of anilines is 1. The summed E-state index contributed by atoms with van der Waals surface area (Å²) in [5.74, 6) is -3.75. The van der Waals surface area contributed by atoms with Crippen molar-refractivity contribution in [2.75, 3.05) is 12.0 Å². The van der Waals surface area contributed by atoms with Crippen LogP contribution in [0, 0.1) is 35.8 Å². The van der Waals surface area contributed by atoms with E-state index in [4.69, 9.17) is 4.74 Å². The maximum absolute atomic E-state index is 16.0. The van der Waals surface area contributed by atoms with E-state index in [0.717, 1.165) is 27.2 Å². The predicted octanol–water partition coefficient (Wildman–Crippen LogP) is 7.41. The van der Waals surface area contributed by atoms with Crippen LogP contribution in [0.2, 0.25) is 0 Å². The molecule has 8 rings (SSSR count). The molecular formula is C42H32N2O6. The van der Waals surface area contributed by atoms with Crippen molar-refractivity contribution in [1.82, 2.24) is 0 Å². The lowest BCUT2D eigenvalue weighted by atomic mass is 9.59. The van der Waals surface area contributed by atoms with E-state index in [1.54, 1.807) is 0 Å². The van der Waals surface area contributed by atoms with Gasteiger partial charge in [-0.25, -0.2) is 4.90 Å². The number of methoxy groups -OCH3 is 1. The van der Waals surface area contributed by atoms with Gasteiger partial charge < -0.3 is 4.74 Å². The number of nitro groups is 1. The Balaban J connectivity index is 1.54. The lowest BCUT2D eigenvalue weighted by molar-refractivity contribution is -0.384. The number of amides is 2. The van der Waals surface area contributed by atoms with Crippen LogP contribution in [-0.2, 0) is 25.2 Å². The number of nitro benzene ring substituents is 1. The zero-order valence-electron chi connectivity index (χ0n) is 27.6. The van der Waals surface area contributed by atoms with Crippen molar-refractivity contribution in [2.24, 2.45) is 11.8 Å². The van der Waals surface area contributed by atoms with Gasteiger partial charge in [0.25, 0.3) is 5.69 Å². The highest BCUT2D eigenvalue weighted by atomic mass is 16.6. The molecule has 2 fully saturated rings. The molecule has 2 bridgehead atoms. The highest BCUT2D eigenvalue weighted by Gasteiger charge is 2.83. The topological polar surface area (TPSA) is 107 Å². The maximum Gasteiger partial charge on any atom is 0.297 e. The number of Topliss-reactive ketones (excluding diaryl/α,β-unsaturated/α-hetero) is 1. The van der Waals surface area contributed by atoms with Crippen molar-refractivity contribution in [3.05, 3.63) is 171 Å². The minimum Gasteiger partial charge on any atom is -0.496 e. The molecule has 1 saturated heterocycles. The number of ether oxygens (including phenoxy) is 1. The molecule has 0 unspecified atom stereocenters. The van der Waals surface area contributed by atoms with Crippen LogP contribution in [0.5, 0.6) is 5.75 Å². The summed E-state index contributed by atoms with van der Waals surface area (Å²) in [5.41, 5.74) is 2.23. The third-order valence-corrected chi connectivity index (χ3v) is 10.8. The van der Waals surface area contributed by atoms with Crippen LogP contribution < -0.4 is 9.64 Å². The molecule has 5 aromatic carbocycles. The molecular weight excluding hydrogens is 628 g/mol. The molecule has 0 N–H and O–H groups in total. The van der Waals surface area contributed by atoms with E-state index in [1.807, 2.05) is 123 Å². The van der Waals surface area contributed by atoms with Crippen LogP contribution in [-0.4, -0.2) is 29.6 Å². The second kappa shape index (κ2) is 11.2. The first-order valence-corrected chi connectivity index (χ1v) is 16.4. The fourth-order valence-electron chi connectivity index (χ4n) is 8.77. The molecule has 0 spiro atoms. The van der Waals surface area contributed by atoms with Gasteiger partial charge in [-0.05, 0) is 59.4 Å². The number of carbonyl (C=O) groups is 3. The molecule has 1 saturated carbocycles. The first-order valence-electron chi connectivity index (χ1n) is 16.4. The molecule has 2 amide bonds. The second-order valence-electron chi connectivity index (χ2n) is 13.2. The summed E-state index contributed by atoms with van der Waals surface area (Å²) < 4.78 is 5.26. The van der Waals surface area contributed by atoms with Crippen LogP contribution in [0.15, 0.2) is 127 Å². The fraction of sp³-hybridized carbons (Fsp3) is 0.167. The number of carbonyl (C=O) groups excluding carboxylic acids is 3. The SMILES string of the molecule is COc1ccc(N2C(=O)[C@@H]3[C@H](C2=O)[C@@]2(c4ccccc4)C(=O)[C@@]3(c3ccccc3)C(c3ccc(C)cc3)=C2c2ccc(C)cc2)c([N+](=O)[O-])c1. The van der Waals surface area contributed by atoms with Crippen molar-refractivity contribution >= 4 is 40.1 Å². The lowest BCUT2D eigenvalue weighted by Crippen LogP contribution is -2.45. The second-order valence-corrected chi connectivity index (χ2v) is 13.2. The number of aryl methyl sites for hydroxylation is 2. The van der Waals surface area contributed by atoms with E-state index < -0.39 is 45.1 Å². The van der Waals surface area contributed by atoms with Crippen molar-refractivity contribution in [3.8, 4) is 5.75 Å². The van der Waals surface area contributed by atoms with Gasteiger partial charge in [-0.1, -0.05) is 120 Å². The number of imide groups is 1. The summed E-state index contributed by atoms with van der Waals surface area (Å²) in [6, 6.07) is 38.3. The average molecular weight is 661 g/mol. The smallest absolute Gasteiger partial charge is 0.297 e. The Labute approximate surface area is 288 Å². The van der Waals surface area contributed by atoms with Crippen LogP contribution in [0.3, 0.4) is 0 Å². The number of nitrogens with zero attached hydrogens (tertiary/aromatic N) is 2. The zero-order chi connectivity index (χ0) is 34.9. The molecule has 8 heteroatoms. The fourth-order valence-corrected chi connectivity index (χ4v) is 8.77. The standard InChI is InChI=1S/C42H32N2O6/c1-25-14-18-27(19-15-25)34-35(28-20-16-26(2)17-21-28)42(30-12-8-5-9-13-30)37-36(41(34,40(42)47)29-10-6-4-7-11-29)38(45)43(39(37)46)32-23-22-31(50-3)24-33(32)44(48)49/h4-24,36-37H,1-3H3/t36-,37+,41-,42-/m0/s1. The van der Waals surface area contributed by atoms with Crippen LogP contribution >= 0.6 is 0 Å². The van der Waals surface area contributed by atoms with Gasteiger partial charge in [0, 0.05) is 0 Å². The summed E-state index contributed by atoms with van der Waals surface area (Å²) in [4.78, 5) is 59.2. The van der Waals surface area contributed by atoms with Crippen molar-refractivity contribution in [1.29, 1.82) is 0 Å². The summed E-state index contributed by atoms with van der Waals surface area (Å²) in [6.45, 7) is 3.97. The first kappa shape index (κ1) is 31.1. The number of allylic oxidation sites excluding steroid dienone is 2. The Hall–Kier alpha value is -6.15. The Morgan fingerprint density at radius 2 is 1.08 bits per heavy atom. The van der Waals surface area contributed by atoms with Gasteiger partial charge >= 0.3 is 0 Å². The van der Waals surface area contributed by atoms with Gasteiger partial charge in [-0.2, -0.15) is 0 Å². The summed E-state index contributed by atoms with van der Waals surface area (Å²) in [5, 5.41) is 12.4. The number of rotatable bonds is 7. The number of ketones is 1. The van der Waals surface area contributed by atoms with E-state index >= 15 is 14.4 Å². The van der Waals surface area contributed by atoms with Gasteiger partial charge in [0.2, 0.25) is 11.8 Å². The number of fused-ring (bicyclic) bond motifs is 5. The zero-order valence-corrected chi connectivity index (χ0v) is 27.6. The molecule has 8 nitrogen and oxygen atoms in total. The van der Waals surface area contributed by atoms with Crippen LogP contribution in [0.25, 0.3) is 11.1 Å². The lowest BCUT2D eigenvalue weighted by Gasteiger charge is -2.39. The molecule has 246 valence electrons. The van der Waals surface area contributed by atoms with Gasteiger partial charge in [-0.15, -0.1) is 0 Å². The molecule has 3 aliphatic rings. The van der Waals surface area contributed by atoms with Gasteiger partial charge in [0.15, 0.2) is 5.78 Å². The summed E-state index contributed by atoms with van der Waals surface area (Å²) in [7, 11) is 1.39. The van der Waals surface area contributed by atoms with Gasteiger partial charge in [0.1, 0.15) is 11.4 Å². The molecule has 50 heavy (non-hydrogen) atoms. The van der Waals surface area contributed by atoms with E-state index in [2.05, 4.69) is 0 Å². The van der Waals surface area contributed by atoms with Crippen molar-refractivity contribution in [2.45, 2.75) is 24.7 Å². The molecule has 0 aromatic heterocycles. The minimum atomic E-state index is -1.61. The molecule has 1 aliphatic heterocycles. The summed E-state index contributed by atoms with van der Waals surface area (Å²) >= 11 is 0. The Kier molecular flexibility index (Phi) is 6.98. The summed E-state index contributed by atoms with van der Waals surface area (Å²) in [6.07, 6.45) is 0. The highest BCUT2D eigenvalue weighted by molar-refractivity contribution is 6.39. The number of hydrogen-bond acceptors (Lipinski definition) is 6. The van der Waals surface area contributed by atoms with E-state index in [9.17, 15) is 10.1 Å². The van der Waals surface area contributed by atoms with Gasteiger partial charge in [0.05, 0.1) is 40.8 Å². The normalized spacial score (nSPS) is 23.8. The quantitative estimate of drug-likeness (QED) is 0.102. The maximum atomic E-state index is 16.0. The first-order chi connectivity index (χ1) is 24.2. The van der Waals surface area contributed by atoms with Crippen molar-refractivity contribution < 1.29 is 24.0 Å². The van der Waals surface area contributed by atoms with Crippen LogP contribution in [0.4, 0.5) is 11.4 Å². The average Bonchev–Trinajstić information content (AvgIpc) is 3.64. The minimum absolute atomic E-state index is 0.160. The van der Waals surface area contributed by atoms with E-state index in [-0.39, 0.29) is 17.2 Å². The Bertz CT molecular complexity index is 2140. The third-order valence-electron chi connectivity index (χ3n) is 10.8. The van der Waals surface area contributed by atoms with E-state index in [0.29, 0.717) is 22.3 Å². The highest BCUT2D eigenvalue weighted by Crippen LogP contribution is 2.74. The molecule has 0 radical (unpaired) electrons. The molecule has 5 aromatic rings. The monoisotopic (exact) mass is 660 g/mol. The molecule has 1 heterocycles. The van der Waals surface area contributed by atoms with Gasteiger partial charge in [-0.3, -0.25) is 24.5 Å². The van der Waals surface area contributed by atoms with Crippen LogP contribution in [0.1, 0.15) is 33.4 Å². The molecule has 2 aliphatic carbocycles. The Morgan fingerprint density at radius 3 is 1.48 bits per heavy atom. The Morgan fingerprint density at radius 1 is 0.640 bits per heavy atom. The predicted molar refractivity (Wildman–Crippen MR) is 190 cm³/mol.